The summed E-state index contributed by atoms with van der Waals surface area (Å²) in [4.78, 5) is 13.2. The first kappa shape index (κ1) is 16.6. The number of likely N-dealkylation sites (tertiary alicyclic amines) is 1. The van der Waals surface area contributed by atoms with Gasteiger partial charge in [0.2, 0.25) is 0 Å². The lowest BCUT2D eigenvalue weighted by atomic mass is 9.90. The van der Waals surface area contributed by atoms with Crippen LogP contribution in [0.3, 0.4) is 0 Å². The number of rotatable bonds is 3. The molecular formula is C15H18F3NO3. The Kier molecular flexibility index (Phi) is 4.95. The maximum absolute atomic E-state index is 13.0. The number of alkyl halides is 3. The molecule has 1 aliphatic rings. The van der Waals surface area contributed by atoms with Crippen molar-refractivity contribution in [3.05, 3.63) is 35.9 Å². The van der Waals surface area contributed by atoms with E-state index >= 15 is 0 Å². The molecule has 0 N–H and O–H groups in total. The highest BCUT2D eigenvalue weighted by molar-refractivity contribution is 5.67. The summed E-state index contributed by atoms with van der Waals surface area (Å²) < 4.78 is 48.9. The molecule has 0 aliphatic carbocycles. The summed E-state index contributed by atoms with van der Waals surface area (Å²) in [5.74, 6) is 0. The molecule has 2 rings (SSSR count). The van der Waals surface area contributed by atoms with E-state index in [9.17, 15) is 18.0 Å². The Balaban J connectivity index is 1.87. The van der Waals surface area contributed by atoms with Crippen molar-refractivity contribution in [2.24, 2.45) is 0 Å². The van der Waals surface area contributed by atoms with Gasteiger partial charge in [-0.3, -0.25) is 0 Å². The Labute approximate surface area is 126 Å². The summed E-state index contributed by atoms with van der Waals surface area (Å²) in [6, 6.07) is 9.10. The minimum absolute atomic E-state index is 0.0407. The largest absolute Gasteiger partial charge is 0.445 e. The van der Waals surface area contributed by atoms with E-state index in [1.165, 1.54) is 4.90 Å². The van der Waals surface area contributed by atoms with Crippen LogP contribution in [0.1, 0.15) is 18.4 Å². The van der Waals surface area contributed by atoms with Crippen molar-refractivity contribution < 1.29 is 27.4 Å². The summed E-state index contributed by atoms with van der Waals surface area (Å²) in [6.45, 7) is 0.0206. The fourth-order valence-electron chi connectivity index (χ4n) is 2.46. The van der Waals surface area contributed by atoms with E-state index in [0.29, 0.717) is 0 Å². The fourth-order valence-corrected chi connectivity index (χ4v) is 2.46. The van der Waals surface area contributed by atoms with Crippen LogP contribution in [-0.4, -0.2) is 43.0 Å². The Morgan fingerprint density at radius 1 is 1.23 bits per heavy atom. The van der Waals surface area contributed by atoms with Crippen molar-refractivity contribution in [3.8, 4) is 0 Å². The molecule has 1 saturated heterocycles. The number of piperidine rings is 1. The number of halogens is 3. The molecule has 1 amide bonds. The van der Waals surface area contributed by atoms with Crippen LogP contribution in [0.5, 0.6) is 0 Å². The molecule has 0 radical (unpaired) electrons. The van der Waals surface area contributed by atoms with E-state index < -0.39 is 17.9 Å². The highest BCUT2D eigenvalue weighted by Crippen LogP contribution is 2.41. The molecule has 4 nitrogen and oxygen atoms in total. The van der Waals surface area contributed by atoms with Gasteiger partial charge in [0.15, 0.2) is 5.60 Å². The molecule has 1 aliphatic heterocycles. The number of methoxy groups -OCH3 is 1. The molecular weight excluding hydrogens is 299 g/mol. The smallest absolute Gasteiger partial charge is 0.417 e. The van der Waals surface area contributed by atoms with Crippen LogP contribution < -0.4 is 0 Å². The number of hydrogen-bond acceptors (Lipinski definition) is 3. The van der Waals surface area contributed by atoms with E-state index in [2.05, 4.69) is 0 Å². The maximum atomic E-state index is 13.0. The summed E-state index contributed by atoms with van der Waals surface area (Å²) in [5.41, 5.74) is -1.34. The number of benzene rings is 1. The van der Waals surface area contributed by atoms with Crippen LogP contribution in [0, 0.1) is 0 Å². The van der Waals surface area contributed by atoms with Gasteiger partial charge in [-0.05, 0) is 5.56 Å². The first-order valence-electron chi connectivity index (χ1n) is 6.95. The van der Waals surface area contributed by atoms with Gasteiger partial charge in [-0.25, -0.2) is 4.79 Å². The first-order valence-corrected chi connectivity index (χ1v) is 6.95. The van der Waals surface area contributed by atoms with Gasteiger partial charge >= 0.3 is 12.3 Å². The molecule has 1 fully saturated rings. The van der Waals surface area contributed by atoms with Crippen LogP contribution >= 0.6 is 0 Å². The quantitative estimate of drug-likeness (QED) is 0.858. The minimum Gasteiger partial charge on any atom is -0.445 e. The summed E-state index contributed by atoms with van der Waals surface area (Å²) in [5, 5.41) is 0. The Bertz CT molecular complexity index is 497. The molecule has 1 aromatic carbocycles. The highest BCUT2D eigenvalue weighted by atomic mass is 19.4. The number of ether oxygens (including phenoxy) is 2. The van der Waals surface area contributed by atoms with Crippen LogP contribution in [-0.2, 0) is 16.1 Å². The number of carbonyl (C=O) groups excluding carboxylic acids is 1. The van der Waals surface area contributed by atoms with Crippen LogP contribution in [0.4, 0.5) is 18.0 Å². The van der Waals surface area contributed by atoms with Crippen molar-refractivity contribution in [3.63, 3.8) is 0 Å². The van der Waals surface area contributed by atoms with Crippen LogP contribution in [0.25, 0.3) is 0 Å². The average Bonchev–Trinajstić information content (AvgIpc) is 2.52. The van der Waals surface area contributed by atoms with Crippen molar-refractivity contribution in [1.82, 2.24) is 4.90 Å². The SMILES string of the molecule is COC1(C(F)(F)F)CCN(C(=O)OCc2ccccc2)CC1. The second-order valence-electron chi connectivity index (χ2n) is 5.22. The van der Waals surface area contributed by atoms with Gasteiger partial charge < -0.3 is 14.4 Å². The maximum Gasteiger partial charge on any atom is 0.417 e. The summed E-state index contributed by atoms with van der Waals surface area (Å²) in [6.07, 6.45) is -5.61. The Morgan fingerprint density at radius 3 is 2.32 bits per heavy atom. The summed E-state index contributed by atoms with van der Waals surface area (Å²) in [7, 11) is 1.05. The first-order chi connectivity index (χ1) is 10.4. The topological polar surface area (TPSA) is 38.8 Å². The number of nitrogens with zero attached hydrogens (tertiary/aromatic N) is 1. The average molecular weight is 317 g/mol. The monoisotopic (exact) mass is 317 g/mol. The number of amides is 1. The Hall–Kier alpha value is -1.76. The van der Waals surface area contributed by atoms with Crippen LogP contribution in [0.15, 0.2) is 30.3 Å². The zero-order chi connectivity index (χ0) is 16.2. The van der Waals surface area contributed by atoms with Crippen molar-refractivity contribution in [1.29, 1.82) is 0 Å². The van der Waals surface area contributed by atoms with Gasteiger partial charge in [0.05, 0.1) is 0 Å². The summed E-state index contributed by atoms with van der Waals surface area (Å²) >= 11 is 0. The third kappa shape index (κ3) is 3.52. The molecule has 0 unspecified atom stereocenters. The lowest BCUT2D eigenvalue weighted by Gasteiger charge is -2.41. The molecule has 0 bridgehead atoms. The van der Waals surface area contributed by atoms with Crippen molar-refractivity contribution in [2.75, 3.05) is 20.2 Å². The molecule has 22 heavy (non-hydrogen) atoms. The molecule has 1 heterocycles. The third-order valence-electron chi connectivity index (χ3n) is 3.94. The van der Waals surface area contributed by atoms with E-state index in [0.717, 1.165) is 12.7 Å². The molecule has 0 saturated carbocycles. The number of hydrogen-bond donors (Lipinski definition) is 0. The van der Waals surface area contributed by atoms with Crippen LogP contribution in [0.2, 0.25) is 0 Å². The van der Waals surface area contributed by atoms with Gasteiger partial charge in [-0.15, -0.1) is 0 Å². The van der Waals surface area contributed by atoms with E-state index in [4.69, 9.17) is 9.47 Å². The van der Waals surface area contributed by atoms with Crippen molar-refractivity contribution >= 4 is 6.09 Å². The molecule has 0 atom stereocenters. The normalized spacial score (nSPS) is 18.1. The van der Waals surface area contributed by atoms with Gasteiger partial charge in [0, 0.05) is 33.0 Å². The van der Waals surface area contributed by atoms with E-state index in [-0.39, 0.29) is 32.5 Å². The molecule has 7 heteroatoms. The van der Waals surface area contributed by atoms with E-state index in [1.807, 2.05) is 30.3 Å². The van der Waals surface area contributed by atoms with Crippen molar-refractivity contribution in [2.45, 2.75) is 31.2 Å². The second kappa shape index (κ2) is 6.56. The number of carbonyl (C=O) groups is 1. The predicted molar refractivity (Wildman–Crippen MR) is 73.2 cm³/mol. The molecule has 122 valence electrons. The zero-order valence-corrected chi connectivity index (χ0v) is 12.2. The lowest BCUT2D eigenvalue weighted by molar-refractivity contribution is -0.281. The molecule has 1 aromatic rings. The predicted octanol–water partition coefficient (Wildman–Crippen LogP) is 3.37. The fraction of sp³-hybridized carbons (Fsp3) is 0.533. The van der Waals surface area contributed by atoms with Gasteiger partial charge in [0.25, 0.3) is 0 Å². The Morgan fingerprint density at radius 2 is 1.82 bits per heavy atom. The second-order valence-corrected chi connectivity index (χ2v) is 5.22. The van der Waals surface area contributed by atoms with Gasteiger partial charge in [0.1, 0.15) is 6.61 Å². The third-order valence-corrected chi connectivity index (χ3v) is 3.94. The molecule has 0 aromatic heterocycles. The minimum atomic E-state index is -4.44. The van der Waals surface area contributed by atoms with Gasteiger partial charge in [-0.2, -0.15) is 13.2 Å². The highest BCUT2D eigenvalue weighted by Gasteiger charge is 2.56. The van der Waals surface area contributed by atoms with E-state index in [1.54, 1.807) is 0 Å². The molecule has 0 spiro atoms. The van der Waals surface area contributed by atoms with Gasteiger partial charge in [-0.1, -0.05) is 30.3 Å². The lowest BCUT2D eigenvalue weighted by Crippen LogP contribution is -2.55. The zero-order valence-electron chi connectivity index (χ0n) is 12.2. The standard InChI is InChI=1S/C15H18F3NO3/c1-21-14(15(16,17)18)7-9-19(10-8-14)13(20)22-11-12-5-3-2-4-6-12/h2-6H,7-11H2,1H3.